The molecule has 2 rings (SSSR count). The standard InChI is InChI=1S/C6H3N2O/c1-3-7-8-6-5(1)2-4-9-6/h1-2,4H. The lowest BCUT2D eigenvalue weighted by Gasteiger charge is -1.78. The highest BCUT2D eigenvalue weighted by Crippen LogP contribution is 2.08. The number of furan rings is 1. The van der Waals surface area contributed by atoms with Crippen molar-refractivity contribution in [2.75, 3.05) is 0 Å². The van der Waals surface area contributed by atoms with Gasteiger partial charge < -0.3 is 4.42 Å². The summed E-state index contributed by atoms with van der Waals surface area (Å²) in [4.78, 5) is 0. The number of aromatic nitrogens is 2. The average Bonchev–Trinajstić information content (AvgIpc) is 2.33. The molecule has 0 aliphatic rings. The van der Waals surface area contributed by atoms with Crippen molar-refractivity contribution < 1.29 is 4.42 Å². The normalized spacial score (nSPS) is 10.2. The summed E-state index contributed by atoms with van der Waals surface area (Å²) in [7, 11) is 0. The van der Waals surface area contributed by atoms with Crippen LogP contribution in [0.3, 0.4) is 0 Å². The summed E-state index contributed by atoms with van der Waals surface area (Å²) in [5, 5.41) is 8.12. The van der Waals surface area contributed by atoms with E-state index in [2.05, 4.69) is 16.4 Å². The monoisotopic (exact) mass is 119 g/mol. The highest BCUT2D eigenvalue weighted by molar-refractivity contribution is 5.71. The molecule has 0 saturated carbocycles. The SMILES string of the molecule is [c]1cc2ccoc2nn1. The van der Waals surface area contributed by atoms with Crippen molar-refractivity contribution in [1.82, 2.24) is 10.2 Å². The van der Waals surface area contributed by atoms with Gasteiger partial charge in [0.05, 0.1) is 6.26 Å². The lowest BCUT2D eigenvalue weighted by Crippen LogP contribution is -1.75. The van der Waals surface area contributed by atoms with Crippen LogP contribution in [0.15, 0.2) is 22.8 Å². The van der Waals surface area contributed by atoms with Gasteiger partial charge in [0.25, 0.3) is 0 Å². The summed E-state index contributed by atoms with van der Waals surface area (Å²) in [6, 6.07) is 3.55. The Balaban J connectivity index is 2.95. The molecule has 9 heavy (non-hydrogen) atoms. The van der Waals surface area contributed by atoms with E-state index < -0.39 is 0 Å². The van der Waals surface area contributed by atoms with Gasteiger partial charge in [0.2, 0.25) is 5.71 Å². The Morgan fingerprint density at radius 2 is 2.56 bits per heavy atom. The summed E-state index contributed by atoms with van der Waals surface area (Å²) in [5.41, 5.74) is 0.564. The summed E-state index contributed by atoms with van der Waals surface area (Å²) < 4.78 is 4.92. The van der Waals surface area contributed by atoms with Crippen molar-refractivity contribution in [2.24, 2.45) is 0 Å². The van der Waals surface area contributed by atoms with Gasteiger partial charge in [-0.25, -0.2) is 0 Å². The lowest BCUT2D eigenvalue weighted by atomic mass is 10.4. The van der Waals surface area contributed by atoms with Gasteiger partial charge in [-0.15, -0.1) is 10.2 Å². The minimum Gasteiger partial charge on any atom is -0.445 e. The molecule has 2 aromatic rings. The topological polar surface area (TPSA) is 38.9 Å². The van der Waals surface area contributed by atoms with E-state index >= 15 is 0 Å². The molecule has 43 valence electrons. The Bertz CT molecular complexity index is 285. The molecule has 2 heterocycles. The smallest absolute Gasteiger partial charge is 0.245 e. The number of hydrogen-bond acceptors (Lipinski definition) is 3. The fraction of sp³-hybridized carbons (Fsp3) is 0. The third kappa shape index (κ3) is 0.579. The highest BCUT2D eigenvalue weighted by atomic mass is 16.3. The maximum atomic E-state index is 4.92. The summed E-state index contributed by atoms with van der Waals surface area (Å²) >= 11 is 0. The van der Waals surface area contributed by atoms with Crippen molar-refractivity contribution in [3.05, 3.63) is 24.6 Å². The van der Waals surface area contributed by atoms with E-state index in [1.165, 1.54) is 0 Å². The number of fused-ring (bicyclic) bond motifs is 1. The Hall–Kier alpha value is -1.38. The van der Waals surface area contributed by atoms with E-state index in [-0.39, 0.29) is 0 Å². The van der Waals surface area contributed by atoms with Crippen LogP contribution in [0, 0.1) is 6.20 Å². The molecule has 0 fully saturated rings. The Labute approximate surface area is 51.3 Å². The highest BCUT2D eigenvalue weighted by Gasteiger charge is 1.93. The molecule has 0 bridgehead atoms. The van der Waals surface area contributed by atoms with Crippen LogP contribution in [0.2, 0.25) is 0 Å². The minimum atomic E-state index is 0.564. The second-order valence-electron chi connectivity index (χ2n) is 1.65. The zero-order valence-corrected chi connectivity index (χ0v) is 4.53. The number of rotatable bonds is 0. The molecule has 0 aliphatic carbocycles. The second-order valence-corrected chi connectivity index (χ2v) is 1.65. The fourth-order valence-corrected chi connectivity index (χ4v) is 0.675. The zero-order valence-electron chi connectivity index (χ0n) is 4.53. The minimum absolute atomic E-state index is 0.564. The molecular formula is C6H3N2O. The van der Waals surface area contributed by atoms with Gasteiger partial charge in [-0.3, -0.25) is 0 Å². The van der Waals surface area contributed by atoms with Gasteiger partial charge in [-0.05, 0) is 12.1 Å². The van der Waals surface area contributed by atoms with Gasteiger partial charge in [-0.1, -0.05) is 0 Å². The quantitative estimate of drug-likeness (QED) is 0.519. The van der Waals surface area contributed by atoms with E-state index in [0.717, 1.165) is 5.39 Å². The van der Waals surface area contributed by atoms with E-state index in [0.29, 0.717) is 5.71 Å². The van der Waals surface area contributed by atoms with Crippen LogP contribution in [0.1, 0.15) is 0 Å². The first-order chi connectivity index (χ1) is 4.47. The second kappa shape index (κ2) is 1.55. The summed E-state index contributed by atoms with van der Waals surface area (Å²) in [5.74, 6) is 0. The first kappa shape index (κ1) is 4.49. The van der Waals surface area contributed by atoms with E-state index in [1.807, 2.05) is 6.07 Å². The Morgan fingerprint density at radius 1 is 1.56 bits per heavy atom. The molecule has 2 aromatic heterocycles. The van der Waals surface area contributed by atoms with E-state index in [9.17, 15) is 0 Å². The molecular weight excluding hydrogens is 116 g/mol. The largest absolute Gasteiger partial charge is 0.445 e. The third-order valence-electron chi connectivity index (χ3n) is 1.09. The lowest BCUT2D eigenvalue weighted by molar-refractivity contribution is 0.596. The summed E-state index contributed by atoms with van der Waals surface area (Å²) in [6.07, 6.45) is 4.18. The average molecular weight is 119 g/mol. The van der Waals surface area contributed by atoms with Crippen LogP contribution < -0.4 is 0 Å². The Morgan fingerprint density at radius 3 is 3.44 bits per heavy atom. The Kier molecular flexibility index (Phi) is 0.773. The molecule has 0 saturated heterocycles. The molecule has 0 aliphatic heterocycles. The van der Waals surface area contributed by atoms with Crippen LogP contribution in [0.5, 0.6) is 0 Å². The van der Waals surface area contributed by atoms with Crippen LogP contribution in [-0.2, 0) is 0 Å². The van der Waals surface area contributed by atoms with Gasteiger partial charge in [0.1, 0.15) is 6.20 Å². The first-order valence-corrected chi connectivity index (χ1v) is 2.54. The molecule has 0 spiro atoms. The molecule has 1 radical (unpaired) electrons. The van der Waals surface area contributed by atoms with Crippen molar-refractivity contribution in [3.8, 4) is 0 Å². The van der Waals surface area contributed by atoms with Crippen molar-refractivity contribution in [2.45, 2.75) is 0 Å². The van der Waals surface area contributed by atoms with Crippen LogP contribution in [0.25, 0.3) is 11.1 Å². The molecule has 3 nitrogen and oxygen atoms in total. The maximum absolute atomic E-state index is 4.92. The van der Waals surface area contributed by atoms with Crippen molar-refractivity contribution >= 4 is 11.1 Å². The predicted molar refractivity (Wildman–Crippen MR) is 30.6 cm³/mol. The molecule has 0 amide bonds. The zero-order chi connectivity index (χ0) is 6.10. The molecule has 0 unspecified atom stereocenters. The third-order valence-corrected chi connectivity index (χ3v) is 1.09. The van der Waals surface area contributed by atoms with Crippen LogP contribution in [-0.4, -0.2) is 10.2 Å². The summed E-state index contributed by atoms with van der Waals surface area (Å²) in [6.45, 7) is 0. The molecule has 3 heteroatoms. The number of nitrogens with zero attached hydrogens (tertiary/aromatic N) is 2. The van der Waals surface area contributed by atoms with Gasteiger partial charge in [-0.2, -0.15) is 0 Å². The van der Waals surface area contributed by atoms with Crippen molar-refractivity contribution in [1.29, 1.82) is 0 Å². The predicted octanol–water partition coefficient (Wildman–Crippen LogP) is 1.02. The van der Waals surface area contributed by atoms with Crippen LogP contribution >= 0.6 is 0 Å². The maximum Gasteiger partial charge on any atom is 0.245 e. The molecule has 0 N–H and O–H groups in total. The first-order valence-electron chi connectivity index (χ1n) is 2.54. The van der Waals surface area contributed by atoms with Gasteiger partial charge >= 0.3 is 0 Å². The van der Waals surface area contributed by atoms with Crippen LogP contribution in [0.4, 0.5) is 0 Å². The number of hydrogen-bond donors (Lipinski definition) is 0. The fourth-order valence-electron chi connectivity index (χ4n) is 0.675. The molecule has 0 atom stereocenters. The van der Waals surface area contributed by atoms with E-state index in [4.69, 9.17) is 4.42 Å². The van der Waals surface area contributed by atoms with Gasteiger partial charge in [0, 0.05) is 5.39 Å². The van der Waals surface area contributed by atoms with Crippen molar-refractivity contribution in [3.63, 3.8) is 0 Å². The van der Waals surface area contributed by atoms with Gasteiger partial charge in [0.15, 0.2) is 0 Å². The van der Waals surface area contributed by atoms with E-state index in [1.54, 1.807) is 12.3 Å². The molecule has 0 aromatic carbocycles.